The van der Waals surface area contributed by atoms with Crippen molar-refractivity contribution in [3.63, 3.8) is 0 Å². The van der Waals surface area contributed by atoms with Crippen molar-refractivity contribution in [2.45, 2.75) is 19.5 Å². The fourth-order valence-electron chi connectivity index (χ4n) is 1.35. The molecule has 1 aromatic heterocycles. The minimum absolute atomic E-state index is 0.0556. The van der Waals surface area contributed by atoms with Crippen molar-refractivity contribution < 1.29 is 17.7 Å². The molecule has 0 fully saturated rings. The Morgan fingerprint density at radius 2 is 1.82 bits per heavy atom. The molecule has 1 aromatic carbocycles. The number of hydrogen-bond donors (Lipinski definition) is 0. The number of aryl methyl sites for hydroxylation is 1. The van der Waals surface area contributed by atoms with Crippen molar-refractivity contribution in [2.24, 2.45) is 0 Å². The number of halogens is 3. The Morgan fingerprint density at radius 3 is 2.29 bits per heavy atom. The molecule has 3 nitrogen and oxygen atoms in total. The summed E-state index contributed by atoms with van der Waals surface area (Å²) in [6, 6.07) is 6.98. The van der Waals surface area contributed by atoms with Crippen LogP contribution in [0.1, 0.15) is 18.4 Å². The van der Waals surface area contributed by atoms with E-state index in [2.05, 4.69) is 14.7 Å². The van der Waals surface area contributed by atoms with Crippen molar-refractivity contribution in [3.8, 4) is 11.4 Å². The minimum Gasteiger partial charge on any atom is -0.329 e. The number of alkyl halides is 3. The van der Waals surface area contributed by atoms with Crippen molar-refractivity contribution >= 4 is 0 Å². The Balaban J connectivity index is 2.30. The van der Waals surface area contributed by atoms with Crippen LogP contribution in [0.5, 0.6) is 0 Å². The predicted octanol–water partition coefficient (Wildman–Crippen LogP) is 3.32. The topological polar surface area (TPSA) is 38.9 Å². The zero-order chi connectivity index (χ0) is 12.5. The van der Waals surface area contributed by atoms with E-state index in [-0.39, 0.29) is 5.82 Å². The van der Waals surface area contributed by atoms with Gasteiger partial charge in [-0.25, -0.2) is 0 Å². The molecule has 90 valence electrons. The van der Waals surface area contributed by atoms with E-state index in [9.17, 15) is 13.2 Å². The zero-order valence-electron chi connectivity index (χ0n) is 8.95. The molecule has 6 heteroatoms. The summed E-state index contributed by atoms with van der Waals surface area (Å²) in [6.45, 7) is 1.99. The average molecular weight is 242 g/mol. The van der Waals surface area contributed by atoms with Gasteiger partial charge in [0.2, 0.25) is 5.82 Å². The van der Waals surface area contributed by atoms with E-state index in [0.717, 1.165) is 12.0 Å². The molecule has 0 bridgehead atoms. The summed E-state index contributed by atoms with van der Waals surface area (Å²) in [6.07, 6.45) is -3.74. The quantitative estimate of drug-likeness (QED) is 0.810. The molecular weight excluding hydrogens is 233 g/mol. The third-order valence-electron chi connectivity index (χ3n) is 2.29. The van der Waals surface area contributed by atoms with Crippen LogP contribution in [0.3, 0.4) is 0 Å². The molecule has 0 radical (unpaired) electrons. The summed E-state index contributed by atoms with van der Waals surface area (Å²) in [5.41, 5.74) is 1.59. The van der Waals surface area contributed by atoms with E-state index in [1.807, 2.05) is 19.1 Å². The van der Waals surface area contributed by atoms with E-state index in [4.69, 9.17) is 0 Å². The lowest BCUT2D eigenvalue weighted by molar-refractivity contribution is -0.159. The summed E-state index contributed by atoms with van der Waals surface area (Å²) >= 11 is 0. The lowest BCUT2D eigenvalue weighted by Crippen LogP contribution is -2.04. The number of benzene rings is 1. The van der Waals surface area contributed by atoms with Gasteiger partial charge in [0.05, 0.1) is 0 Å². The van der Waals surface area contributed by atoms with Crippen LogP contribution in [-0.2, 0) is 12.6 Å². The predicted molar refractivity (Wildman–Crippen MR) is 54.1 cm³/mol. The van der Waals surface area contributed by atoms with Crippen LogP contribution in [0.4, 0.5) is 13.2 Å². The Kier molecular flexibility index (Phi) is 2.87. The molecule has 0 atom stereocenters. The highest BCUT2D eigenvalue weighted by Crippen LogP contribution is 2.29. The molecule has 0 aliphatic carbocycles. The summed E-state index contributed by atoms with van der Waals surface area (Å²) in [4.78, 5) is 3.30. The number of hydrogen-bond acceptors (Lipinski definition) is 3. The maximum absolute atomic E-state index is 12.2. The van der Waals surface area contributed by atoms with Gasteiger partial charge in [0.25, 0.3) is 0 Å². The number of rotatable bonds is 2. The Morgan fingerprint density at radius 1 is 1.18 bits per heavy atom. The average Bonchev–Trinajstić information content (AvgIpc) is 2.78. The monoisotopic (exact) mass is 242 g/mol. The van der Waals surface area contributed by atoms with Gasteiger partial charge in [-0.05, 0) is 12.0 Å². The van der Waals surface area contributed by atoms with Crippen molar-refractivity contribution in [1.29, 1.82) is 0 Å². The molecule has 17 heavy (non-hydrogen) atoms. The van der Waals surface area contributed by atoms with Crippen LogP contribution in [0.15, 0.2) is 28.8 Å². The smallest absolute Gasteiger partial charge is 0.329 e. The first-order chi connectivity index (χ1) is 8.00. The van der Waals surface area contributed by atoms with Crippen molar-refractivity contribution in [1.82, 2.24) is 10.1 Å². The molecule has 0 amide bonds. The van der Waals surface area contributed by atoms with Gasteiger partial charge in [-0.3, -0.25) is 0 Å². The minimum atomic E-state index is -4.60. The second kappa shape index (κ2) is 4.20. The first kappa shape index (κ1) is 11.6. The summed E-state index contributed by atoms with van der Waals surface area (Å²) in [7, 11) is 0. The first-order valence-corrected chi connectivity index (χ1v) is 5.01. The van der Waals surface area contributed by atoms with Crippen LogP contribution in [0.2, 0.25) is 0 Å². The van der Waals surface area contributed by atoms with E-state index >= 15 is 0 Å². The van der Waals surface area contributed by atoms with Gasteiger partial charge in [-0.15, -0.1) is 0 Å². The summed E-state index contributed by atoms with van der Waals surface area (Å²) < 4.78 is 40.9. The maximum atomic E-state index is 12.2. The van der Waals surface area contributed by atoms with E-state index < -0.39 is 12.1 Å². The number of aromatic nitrogens is 2. The lowest BCUT2D eigenvalue weighted by atomic mass is 10.1. The molecule has 0 saturated carbocycles. The van der Waals surface area contributed by atoms with Gasteiger partial charge in [0, 0.05) is 5.56 Å². The van der Waals surface area contributed by atoms with Crippen LogP contribution < -0.4 is 0 Å². The maximum Gasteiger partial charge on any atom is 0.471 e. The van der Waals surface area contributed by atoms with Gasteiger partial charge in [0.15, 0.2) is 0 Å². The third kappa shape index (κ3) is 2.46. The highest BCUT2D eigenvalue weighted by atomic mass is 19.4. The molecule has 0 unspecified atom stereocenters. The number of nitrogens with zero attached hydrogens (tertiary/aromatic N) is 2. The fraction of sp³-hybridized carbons (Fsp3) is 0.273. The molecule has 0 aliphatic rings. The standard InChI is InChI=1S/C11H9F3N2O/c1-2-7-3-5-8(6-4-7)9-15-10(17-16-9)11(12,13)14/h3-6H,2H2,1H3. The molecule has 0 saturated heterocycles. The van der Waals surface area contributed by atoms with Crippen LogP contribution in [-0.4, -0.2) is 10.1 Å². The summed E-state index contributed by atoms with van der Waals surface area (Å²) in [5, 5.41) is 3.30. The Bertz CT molecular complexity index is 502. The summed E-state index contributed by atoms with van der Waals surface area (Å²) in [5.74, 6) is -1.38. The van der Waals surface area contributed by atoms with Gasteiger partial charge in [-0.2, -0.15) is 18.2 Å². The van der Waals surface area contributed by atoms with E-state index in [0.29, 0.717) is 5.56 Å². The highest BCUT2D eigenvalue weighted by molar-refractivity contribution is 5.54. The third-order valence-corrected chi connectivity index (χ3v) is 2.29. The Labute approximate surface area is 95.3 Å². The normalized spacial score (nSPS) is 11.8. The zero-order valence-corrected chi connectivity index (χ0v) is 8.95. The molecular formula is C11H9F3N2O. The lowest BCUT2D eigenvalue weighted by Gasteiger charge is -1.98. The van der Waals surface area contributed by atoms with Crippen LogP contribution in [0.25, 0.3) is 11.4 Å². The van der Waals surface area contributed by atoms with E-state index in [1.165, 1.54) is 0 Å². The molecule has 0 aliphatic heterocycles. The molecule has 1 heterocycles. The molecule has 2 rings (SSSR count). The SMILES string of the molecule is CCc1ccc(-c2noc(C(F)(F)F)n2)cc1. The van der Waals surface area contributed by atoms with E-state index in [1.54, 1.807) is 12.1 Å². The second-order valence-electron chi connectivity index (χ2n) is 3.47. The van der Waals surface area contributed by atoms with Gasteiger partial charge >= 0.3 is 12.1 Å². The van der Waals surface area contributed by atoms with Gasteiger partial charge in [0.1, 0.15) is 0 Å². The van der Waals surface area contributed by atoms with Gasteiger partial charge < -0.3 is 4.52 Å². The van der Waals surface area contributed by atoms with Gasteiger partial charge in [-0.1, -0.05) is 36.3 Å². The molecule has 0 spiro atoms. The van der Waals surface area contributed by atoms with Crippen molar-refractivity contribution in [3.05, 3.63) is 35.7 Å². The molecule has 2 aromatic rings. The van der Waals surface area contributed by atoms with Crippen LogP contribution in [0, 0.1) is 0 Å². The Hall–Kier alpha value is -1.85. The highest BCUT2D eigenvalue weighted by Gasteiger charge is 2.38. The fourth-order valence-corrected chi connectivity index (χ4v) is 1.35. The largest absolute Gasteiger partial charge is 0.471 e. The van der Waals surface area contributed by atoms with Crippen molar-refractivity contribution in [2.75, 3.05) is 0 Å². The van der Waals surface area contributed by atoms with Crippen LogP contribution >= 0.6 is 0 Å². The molecule has 0 N–H and O–H groups in total. The first-order valence-electron chi connectivity index (χ1n) is 5.01. The second-order valence-corrected chi connectivity index (χ2v) is 3.47.